The van der Waals surface area contributed by atoms with Gasteiger partial charge in [-0.3, -0.25) is 0 Å². The van der Waals surface area contributed by atoms with Crippen LogP contribution in [0.5, 0.6) is 0 Å². The summed E-state index contributed by atoms with van der Waals surface area (Å²) < 4.78 is 11.9. The summed E-state index contributed by atoms with van der Waals surface area (Å²) in [4.78, 5) is 0. The summed E-state index contributed by atoms with van der Waals surface area (Å²) in [6.07, 6.45) is 14.6. The Morgan fingerprint density at radius 1 is 1.12 bits per heavy atom. The fraction of sp³-hybridized carbons (Fsp3) is 0.826. The molecule has 0 bridgehead atoms. The zero-order chi connectivity index (χ0) is 17.8. The van der Waals surface area contributed by atoms with Crippen molar-refractivity contribution in [2.24, 2.45) is 28.6 Å². The lowest BCUT2D eigenvalue weighted by molar-refractivity contribution is -0.115. The molecule has 0 amide bonds. The molecule has 0 heterocycles. The van der Waals surface area contributed by atoms with Gasteiger partial charge in [0.1, 0.15) is 0 Å². The van der Waals surface area contributed by atoms with Gasteiger partial charge in [0, 0.05) is 19.6 Å². The molecule has 7 atom stereocenters. The average Bonchev–Trinajstić information content (AvgIpc) is 2.97. The summed E-state index contributed by atoms with van der Waals surface area (Å²) in [5, 5.41) is 0. The predicted molar refractivity (Wildman–Crippen MR) is 102 cm³/mol. The molecule has 4 aliphatic rings. The van der Waals surface area contributed by atoms with Gasteiger partial charge in [0.25, 0.3) is 0 Å². The summed E-state index contributed by atoms with van der Waals surface area (Å²) >= 11 is 0. The van der Waals surface area contributed by atoms with E-state index in [0.717, 1.165) is 24.2 Å². The highest BCUT2D eigenvalue weighted by Crippen LogP contribution is 2.66. The van der Waals surface area contributed by atoms with Gasteiger partial charge in [-0.1, -0.05) is 37.1 Å². The normalized spacial score (nSPS) is 50.8. The number of ether oxygens (including phenoxy) is 2. The smallest absolute Gasteiger partial charge is 0.0667 e. The first kappa shape index (κ1) is 17.8. The number of fused-ring (bicyclic) bond motifs is 5. The average molecular weight is 345 g/mol. The molecule has 2 heteroatoms. The molecule has 25 heavy (non-hydrogen) atoms. The second-order valence-corrected chi connectivity index (χ2v) is 9.46. The Kier molecular flexibility index (Phi) is 4.44. The molecule has 3 fully saturated rings. The van der Waals surface area contributed by atoms with Gasteiger partial charge in [0.2, 0.25) is 0 Å². The Balaban J connectivity index is 1.71. The third-order valence-corrected chi connectivity index (χ3v) is 8.95. The molecule has 140 valence electrons. The standard InChI is InChI=1S/C23H36O2/c1-6-15-8-10-19-18-9-7-16-13-17(24-4)11-12-22(16,2)20(18)14-21(25-5)23(15,19)3/h6-7,17-21H,8-14H2,1-5H3/b15-6-/t17-,18-,19-,20-,21+,22-,23+/m0/s1. The van der Waals surface area contributed by atoms with Crippen molar-refractivity contribution in [3.8, 4) is 0 Å². The third-order valence-electron chi connectivity index (χ3n) is 8.95. The summed E-state index contributed by atoms with van der Waals surface area (Å²) in [7, 11) is 3.83. The summed E-state index contributed by atoms with van der Waals surface area (Å²) in [5.74, 6) is 2.41. The Morgan fingerprint density at radius 2 is 1.92 bits per heavy atom. The van der Waals surface area contributed by atoms with E-state index in [0.29, 0.717) is 17.6 Å². The zero-order valence-corrected chi connectivity index (χ0v) is 16.8. The van der Waals surface area contributed by atoms with E-state index in [9.17, 15) is 0 Å². The van der Waals surface area contributed by atoms with Gasteiger partial charge in [0.15, 0.2) is 0 Å². The second-order valence-electron chi connectivity index (χ2n) is 9.46. The van der Waals surface area contributed by atoms with Crippen LogP contribution in [0.4, 0.5) is 0 Å². The first-order chi connectivity index (χ1) is 12.0. The van der Waals surface area contributed by atoms with Gasteiger partial charge in [0.05, 0.1) is 12.2 Å². The van der Waals surface area contributed by atoms with Crippen molar-refractivity contribution in [2.75, 3.05) is 14.2 Å². The van der Waals surface area contributed by atoms with Crippen molar-refractivity contribution in [3.05, 3.63) is 23.3 Å². The molecular weight excluding hydrogens is 308 g/mol. The van der Waals surface area contributed by atoms with E-state index in [4.69, 9.17) is 9.47 Å². The lowest BCUT2D eigenvalue weighted by Crippen LogP contribution is -2.55. The highest BCUT2D eigenvalue weighted by Gasteiger charge is 2.60. The number of methoxy groups -OCH3 is 2. The van der Waals surface area contributed by atoms with Crippen LogP contribution in [0.2, 0.25) is 0 Å². The summed E-state index contributed by atoms with van der Waals surface area (Å²) in [6.45, 7) is 7.30. The van der Waals surface area contributed by atoms with Crippen molar-refractivity contribution in [2.45, 2.75) is 77.9 Å². The van der Waals surface area contributed by atoms with Crippen LogP contribution in [0, 0.1) is 28.6 Å². The largest absolute Gasteiger partial charge is 0.381 e. The monoisotopic (exact) mass is 344 g/mol. The van der Waals surface area contributed by atoms with E-state index in [1.807, 2.05) is 14.2 Å². The Bertz CT molecular complexity index is 591. The van der Waals surface area contributed by atoms with Gasteiger partial charge in [-0.2, -0.15) is 0 Å². The maximum atomic E-state index is 6.17. The number of allylic oxidation sites excluding steroid dienone is 2. The number of hydrogen-bond donors (Lipinski definition) is 0. The topological polar surface area (TPSA) is 18.5 Å². The third kappa shape index (κ3) is 2.36. The first-order valence-electron chi connectivity index (χ1n) is 10.4. The van der Waals surface area contributed by atoms with E-state index >= 15 is 0 Å². The van der Waals surface area contributed by atoms with Crippen molar-refractivity contribution < 1.29 is 9.47 Å². The van der Waals surface area contributed by atoms with Crippen molar-refractivity contribution in [1.29, 1.82) is 0 Å². The van der Waals surface area contributed by atoms with Crippen LogP contribution in [0.25, 0.3) is 0 Å². The van der Waals surface area contributed by atoms with Gasteiger partial charge < -0.3 is 9.47 Å². The molecule has 0 N–H and O–H groups in total. The van der Waals surface area contributed by atoms with Gasteiger partial charge >= 0.3 is 0 Å². The molecule has 0 aromatic rings. The quantitative estimate of drug-likeness (QED) is 0.613. The fourth-order valence-corrected chi connectivity index (χ4v) is 7.43. The van der Waals surface area contributed by atoms with E-state index in [1.54, 1.807) is 11.1 Å². The summed E-state index contributed by atoms with van der Waals surface area (Å²) in [5.41, 5.74) is 3.98. The molecule has 4 aliphatic carbocycles. The second kappa shape index (κ2) is 6.23. The van der Waals surface area contributed by atoms with Crippen molar-refractivity contribution in [3.63, 3.8) is 0 Å². The molecular formula is C23H36O2. The van der Waals surface area contributed by atoms with E-state index in [2.05, 4.69) is 32.9 Å². The van der Waals surface area contributed by atoms with Crippen LogP contribution in [-0.4, -0.2) is 26.4 Å². The van der Waals surface area contributed by atoms with Crippen LogP contribution >= 0.6 is 0 Å². The fourth-order valence-electron chi connectivity index (χ4n) is 7.43. The van der Waals surface area contributed by atoms with Crippen LogP contribution in [-0.2, 0) is 9.47 Å². The minimum atomic E-state index is 0.260. The van der Waals surface area contributed by atoms with E-state index < -0.39 is 0 Å². The Morgan fingerprint density at radius 3 is 2.60 bits per heavy atom. The number of rotatable bonds is 2. The number of hydrogen-bond acceptors (Lipinski definition) is 2. The van der Waals surface area contributed by atoms with Crippen LogP contribution in [0.1, 0.15) is 65.7 Å². The molecule has 0 saturated heterocycles. The molecule has 4 rings (SSSR count). The highest BCUT2D eigenvalue weighted by molar-refractivity contribution is 5.31. The lowest BCUT2D eigenvalue weighted by atomic mass is 9.47. The Labute approximate surface area is 154 Å². The molecule has 0 spiro atoms. The maximum absolute atomic E-state index is 6.17. The molecule has 0 radical (unpaired) electrons. The van der Waals surface area contributed by atoms with Crippen molar-refractivity contribution in [1.82, 2.24) is 0 Å². The van der Waals surface area contributed by atoms with E-state index in [-0.39, 0.29) is 5.41 Å². The molecule has 3 saturated carbocycles. The van der Waals surface area contributed by atoms with Gasteiger partial charge in [-0.25, -0.2) is 0 Å². The molecule has 0 unspecified atom stereocenters. The molecule has 0 aromatic heterocycles. The van der Waals surface area contributed by atoms with Gasteiger partial charge in [-0.05, 0) is 75.0 Å². The van der Waals surface area contributed by atoms with Crippen LogP contribution in [0.15, 0.2) is 23.3 Å². The molecule has 0 aromatic carbocycles. The highest BCUT2D eigenvalue weighted by atomic mass is 16.5. The minimum absolute atomic E-state index is 0.260. The zero-order valence-electron chi connectivity index (χ0n) is 16.8. The minimum Gasteiger partial charge on any atom is -0.381 e. The van der Waals surface area contributed by atoms with Gasteiger partial charge in [-0.15, -0.1) is 0 Å². The van der Waals surface area contributed by atoms with Crippen molar-refractivity contribution >= 4 is 0 Å². The van der Waals surface area contributed by atoms with Crippen LogP contribution in [0.3, 0.4) is 0 Å². The molecule has 0 aliphatic heterocycles. The van der Waals surface area contributed by atoms with E-state index in [1.165, 1.54) is 38.5 Å². The molecule has 2 nitrogen and oxygen atoms in total. The SMILES string of the molecule is C/C=C1/CC[C@H]2[C@@H]3CC=C4C[C@@H](OC)CC[C@]4(C)[C@H]3C[C@@H](OC)[C@]12C. The Hall–Kier alpha value is -0.600. The van der Waals surface area contributed by atoms with Crippen LogP contribution < -0.4 is 0 Å². The maximum Gasteiger partial charge on any atom is 0.0667 e. The predicted octanol–water partition coefficient (Wildman–Crippen LogP) is 5.54. The lowest BCUT2D eigenvalue weighted by Gasteiger charge is -2.59. The first-order valence-corrected chi connectivity index (χ1v) is 10.4. The summed E-state index contributed by atoms with van der Waals surface area (Å²) in [6, 6.07) is 0.